The summed E-state index contributed by atoms with van der Waals surface area (Å²) < 4.78 is 0. The molecule has 0 aliphatic carbocycles. The minimum absolute atomic E-state index is 0.128. The van der Waals surface area contributed by atoms with Crippen molar-refractivity contribution in [2.24, 2.45) is 0 Å². The molecule has 0 aromatic carbocycles. The smallest absolute Gasteiger partial charge is 0.394 e. The molecule has 0 saturated heterocycles. The van der Waals surface area contributed by atoms with Gasteiger partial charge in [0.05, 0.1) is 12.2 Å². The molecule has 0 unspecified atom stereocenters. The lowest BCUT2D eigenvalue weighted by molar-refractivity contribution is -0.150. The summed E-state index contributed by atoms with van der Waals surface area (Å²) in [5.41, 5.74) is 0.633. The van der Waals surface area contributed by atoms with Crippen LogP contribution in [-0.4, -0.2) is 29.0 Å². The lowest BCUT2D eigenvalue weighted by Gasteiger charge is -1.97. The number of aromatic nitrogens is 1. The molecule has 0 fully saturated rings. The summed E-state index contributed by atoms with van der Waals surface area (Å²) in [6.07, 6.45) is 0. The quantitative estimate of drug-likeness (QED) is 0.612. The summed E-state index contributed by atoms with van der Waals surface area (Å²) in [6, 6.07) is 0. The van der Waals surface area contributed by atoms with Gasteiger partial charge in [0.15, 0.2) is 5.13 Å². The van der Waals surface area contributed by atoms with E-state index in [0.717, 1.165) is 5.13 Å². The molecule has 0 bridgehead atoms. The van der Waals surface area contributed by atoms with Crippen LogP contribution in [0.15, 0.2) is 5.38 Å². The highest BCUT2D eigenvalue weighted by atomic mass is 32.1. The van der Waals surface area contributed by atoms with E-state index in [1.165, 1.54) is 11.3 Å². The number of carboxylic acid groups (broad SMARTS) is 1. The monoisotopic (exact) mass is 215 g/mol. The lowest BCUT2D eigenvalue weighted by Crippen LogP contribution is -2.30. The number of hydrogen-bond acceptors (Lipinski definition) is 5. The molecule has 0 atom stereocenters. The molecular formula is C7H9N3O3S. The Kier molecular flexibility index (Phi) is 3.41. The minimum atomic E-state index is -1.49. The number of nitrogens with one attached hydrogen (secondary N) is 2. The van der Waals surface area contributed by atoms with Gasteiger partial charge in [0, 0.05) is 12.4 Å². The summed E-state index contributed by atoms with van der Waals surface area (Å²) in [4.78, 5) is 24.8. The van der Waals surface area contributed by atoms with Crippen molar-refractivity contribution in [2.75, 3.05) is 12.4 Å². The van der Waals surface area contributed by atoms with Gasteiger partial charge in [-0.05, 0) is 0 Å². The topological polar surface area (TPSA) is 91.3 Å². The van der Waals surface area contributed by atoms with Crippen molar-refractivity contribution in [1.82, 2.24) is 10.3 Å². The molecule has 7 heteroatoms. The molecule has 76 valence electrons. The molecule has 0 aliphatic rings. The zero-order valence-electron chi connectivity index (χ0n) is 7.40. The van der Waals surface area contributed by atoms with E-state index in [2.05, 4.69) is 15.6 Å². The van der Waals surface area contributed by atoms with E-state index in [4.69, 9.17) is 5.11 Å². The van der Waals surface area contributed by atoms with E-state index in [1.807, 2.05) is 0 Å². The Labute approximate surface area is 84.0 Å². The van der Waals surface area contributed by atoms with Gasteiger partial charge in [-0.2, -0.15) is 0 Å². The fraction of sp³-hybridized carbons (Fsp3) is 0.286. The second-order valence-corrected chi connectivity index (χ2v) is 3.24. The van der Waals surface area contributed by atoms with Gasteiger partial charge in [-0.25, -0.2) is 9.78 Å². The number of carbonyl (C=O) groups is 2. The zero-order chi connectivity index (χ0) is 10.6. The van der Waals surface area contributed by atoms with Crippen LogP contribution < -0.4 is 10.6 Å². The number of thiazole rings is 1. The van der Waals surface area contributed by atoms with E-state index in [0.29, 0.717) is 5.69 Å². The Morgan fingerprint density at radius 2 is 2.36 bits per heavy atom. The normalized spacial score (nSPS) is 9.50. The van der Waals surface area contributed by atoms with Crippen LogP contribution in [0.3, 0.4) is 0 Å². The molecule has 3 N–H and O–H groups in total. The highest BCUT2D eigenvalue weighted by Gasteiger charge is 2.10. The molecule has 1 aromatic rings. The predicted molar refractivity (Wildman–Crippen MR) is 51.1 cm³/mol. The Morgan fingerprint density at radius 1 is 1.64 bits per heavy atom. The van der Waals surface area contributed by atoms with Gasteiger partial charge in [-0.3, -0.25) is 4.79 Å². The van der Waals surface area contributed by atoms with E-state index in [9.17, 15) is 9.59 Å². The van der Waals surface area contributed by atoms with Crippen molar-refractivity contribution in [3.8, 4) is 0 Å². The lowest BCUT2D eigenvalue weighted by atomic mass is 10.4. The van der Waals surface area contributed by atoms with Crippen LogP contribution in [0.1, 0.15) is 5.69 Å². The number of hydrogen-bond donors (Lipinski definition) is 3. The second-order valence-electron chi connectivity index (χ2n) is 2.38. The zero-order valence-corrected chi connectivity index (χ0v) is 8.22. The molecule has 1 aromatic heterocycles. The average Bonchev–Trinajstić information content (AvgIpc) is 2.61. The van der Waals surface area contributed by atoms with Crippen molar-refractivity contribution >= 4 is 28.3 Å². The number of nitrogens with zero attached hydrogens (tertiary/aromatic N) is 1. The first kappa shape index (κ1) is 10.5. The molecule has 1 heterocycles. The largest absolute Gasteiger partial charge is 0.474 e. The predicted octanol–water partition coefficient (Wildman–Crippen LogP) is -0.114. The summed E-state index contributed by atoms with van der Waals surface area (Å²) >= 11 is 1.39. The van der Waals surface area contributed by atoms with Crippen molar-refractivity contribution < 1.29 is 14.7 Å². The van der Waals surface area contributed by atoms with Crippen LogP contribution in [0, 0.1) is 0 Å². The molecule has 1 rings (SSSR count). The third kappa shape index (κ3) is 2.70. The number of aliphatic carboxylic acids is 1. The fourth-order valence-electron chi connectivity index (χ4n) is 0.749. The van der Waals surface area contributed by atoms with Crippen LogP contribution >= 0.6 is 11.3 Å². The average molecular weight is 215 g/mol. The maximum absolute atomic E-state index is 10.6. The van der Waals surface area contributed by atoms with Gasteiger partial charge in [-0.15, -0.1) is 11.3 Å². The standard InChI is InChI=1S/C7H9N3O3S/c1-8-7-10-4(3-14-7)2-9-5(11)6(12)13/h3H,2H2,1H3,(H,8,10)(H,9,11)(H,12,13). The van der Waals surface area contributed by atoms with Gasteiger partial charge in [0.2, 0.25) is 0 Å². The molecule has 0 radical (unpaired) electrons. The van der Waals surface area contributed by atoms with Crippen LogP contribution in [0.5, 0.6) is 0 Å². The van der Waals surface area contributed by atoms with Gasteiger partial charge in [-0.1, -0.05) is 0 Å². The van der Waals surface area contributed by atoms with Gasteiger partial charge in [0.1, 0.15) is 0 Å². The summed E-state index contributed by atoms with van der Waals surface area (Å²) in [5.74, 6) is -2.52. The SMILES string of the molecule is CNc1nc(CNC(=O)C(=O)O)cs1. The second kappa shape index (κ2) is 4.56. The van der Waals surface area contributed by atoms with E-state index >= 15 is 0 Å². The minimum Gasteiger partial charge on any atom is -0.474 e. The first-order valence-corrected chi connectivity index (χ1v) is 4.64. The third-order valence-corrected chi connectivity index (χ3v) is 2.30. The summed E-state index contributed by atoms with van der Waals surface area (Å²) in [7, 11) is 1.73. The first-order chi connectivity index (χ1) is 6.63. The molecule has 0 aliphatic heterocycles. The molecular weight excluding hydrogens is 206 g/mol. The number of amides is 1. The number of rotatable bonds is 3. The maximum Gasteiger partial charge on any atom is 0.394 e. The Bertz CT molecular complexity index is 350. The molecule has 0 saturated carbocycles. The highest BCUT2D eigenvalue weighted by Crippen LogP contribution is 2.13. The van der Waals surface area contributed by atoms with Crippen LogP contribution in [0.2, 0.25) is 0 Å². The number of carbonyl (C=O) groups excluding carboxylic acids is 1. The van der Waals surface area contributed by atoms with Crippen molar-refractivity contribution in [3.63, 3.8) is 0 Å². The maximum atomic E-state index is 10.6. The van der Waals surface area contributed by atoms with Crippen LogP contribution in [0.4, 0.5) is 5.13 Å². The van der Waals surface area contributed by atoms with Crippen LogP contribution in [0.25, 0.3) is 0 Å². The van der Waals surface area contributed by atoms with E-state index in [-0.39, 0.29) is 6.54 Å². The number of anilines is 1. The van der Waals surface area contributed by atoms with Crippen molar-refractivity contribution in [1.29, 1.82) is 0 Å². The molecule has 14 heavy (non-hydrogen) atoms. The van der Waals surface area contributed by atoms with Gasteiger partial charge >= 0.3 is 11.9 Å². The van der Waals surface area contributed by atoms with Gasteiger partial charge in [0.25, 0.3) is 0 Å². The third-order valence-electron chi connectivity index (χ3n) is 1.39. The van der Waals surface area contributed by atoms with Gasteiger partial charge < -0.3 is 15.7 Å². The summed E-state index contributed by atoms with van der Waals surface area (Å²) in [6.45, 7) is 0.128. The molecule has 1 amide bonds. The van der Waals surface area contributed by atoms with Crippen LogP contribution in [-0.2, 0) is 16.1 Å². The highest BCUT2D eigenvalue weighted by molar-refractivity contribution is 7.13. The van der Waals surface area contributed by atoms with E-state index in [1.54, 1.807) is 12.4 Å². The fourth-order valence-corrected chi connectivity index (χ4v) is 1.42. The molecule has 0 spiro atoms. The Balaban J connectivity index is 2.45. The number of carboxylic acids is 1. The van der Waals surface area contributed by atoms with Crippen molar-refractivity contribution in [3.05, 3.63) is 11.1 Å². The molecule has 6 nitrogen and oxygen atoms in total. The Morgan fingerprint density at radius 3 is 2.86 bits per heavy atom. The van der Waals surface area contributed by atoms with Crippen molar-refractivity contribution in [2.45, 2.75) is 6.54 Å². The summed E-state index contributed by atoms with van der Waals surface area (Å²) in [5, 5.41) is 15.8. The Hall–Kier alpha value is -1.63. The van der Waals surface area contributed by atoms with E-state index < -0.39 is 11.9 Å². The first-order valence-electron chi connectivity index (χ1n) is 3.76.